The third-order valence-electron chi connectivity index (χ3n) is 4.93. The van der Waals surface area contributed by atoms with E-state index >= 15 is 0 Å². The van der Waals surface area contributed by atoms with Crippen LogP contribution in [-0.2, 0) is 20.0 Å². The van der Waals surface area contributed by atoms with E-state index in [0.717, 1.165) is 29.1 Å². The van der Waals surface area contributed by atoms with Gasteiger partial charge >= 0.3 is 37.6 Å². The molecule has 0 heterocycles. The van der Waals surface area contributed by atoms with E-state index in [2.05, 4.69) is 91.0 Å². The molecule has 0 unspecified atom stereocenters. The van der Waals surface area contributed by atoms with E-state index in [0.29, 0.717) is 5.41 Å². The standard InChI is InChI=1S/C22H18O.C9H13.C3H6.Ti/c1-4-11-19(12-5-1)13-10-18-22(20-14-6-2-7-15-20)23-21-16-8-3-9-17-21;1-9(2,3)8-6-4-5-7-8;1-3-2;/h1-18H;6-7H,4H2,1-3H3;1-2H3;/q;-1;;+1. The van der Waals surface area contributed by atoms with Crippen molar-refractivity contribution in [2.24, 2.45) is 5.41 Å². The molecule has 36 heavy (non-hydrogen) atoms. The first-order valence-electron chi connectivity index (χ1n) is 12.3. The zero-order valence-corrected chi connectivity index (χ0v) is 23.7. The average molecular weight is 510 g/mol. The van der Waals surface area contributed by atoms with Gasteiger partial charge in [0.05, 0.1) is 0 Å². The molecule has 0 fully saturated rings. The van der Waals surface area contributed by atoms with Gasteiger partial charge in [-0.05, 0) is 23.8 Å². The molecule has 4 rings (SSSR count). The minimum absolute atomic E-state index is 0.323. The number of para-hydroxylation sites is 1. The molecule has 0 bridgehead atoms. The first-order valence-corrected chi connectivity index (χ1v) is 13.0. The Morgan fingerprint density at radius 2 is 1.36 bits per heavy atom. The van der Waals surface area contributed by atoms with Gasteiger partial charge in [-0.3, -0.25) is 6.08 Å². The van der Waals surface area contributed by atoms with E-state index in [1.807, 2.05) is 91.0 Å². The first kappa shape index (κ1) is 29.2. The Morgan fingerprint density at radius 3 is 1.83 bits per heavy atom. The molecule has 0 N–H and O–H groups in total. The van der Waals surface area contributed by atoms with E-state index in [1.54, 1.807) is 0 Å². The van der Waals surface area contributed by atoms with Crippen LogP contribution in [0.2, 0.25) is 0 Å². The molecule has 3 aromatic carbocycles. The number of allylic oxidation sites excluding steroid dienone is 6. The Hall–Kier alpha value is -3.00. The maximum atomic E-state index is 6.05. The van der Waals surface area contributed by atoms with Crippen LogP contribution in [0.25, 0.3) is 11.8 Å². The summed E-state index contributed by atoms with van der Waals surface area (Å²) < 4.78 is 7.46. The summed E-state index contributed by atoms with van der Waals surface area (Å²) in [6.07, 6.45) is 14.6. The second kappa shape index (κ2) is 15.9. The van der Waals surface area contributed by atoms with Crippen molar-refractivity contribution in [2.75, 3.05) is 0 Å². The van der Waals surface area contributed by atoms with Crippen LogP contribution in [0.3, 0.4) is 0 Å². The molecule has 1 nitrogen and oxygen atoms in total. The molecule has 0 atom stereocenters. The SMILES string of the molecule is C(=Cc1ccccc1)C=C(Oc1ccccc1)c1ccccc1.CC(C)(C)C1=CC[C-]=C1.C[C](C)=[Ti+]. The third-order valence-corrected chi connectivity index (χ3v) is 4.93. The predicted octanol–water partition coefficient (Wildman–Crippen LogP) is 9.29. The summed E-state index contributed by atoms with van der Waals surface area (Å²) in [7, 11) is 0. The third kappa shape index (κ3) is 12.1. The second-order valence-electron chi connectivity index (χ2n) is 9.54. The van der Waals surface area contributed by atoms with Gasteiger partial charge in [-0.2, -0.15) is 11.6 Å². The van der Waals surface area contributed by atoms with Crippen molar-refractivity contribution in [1.82, 2.24) is 0 Å². The molecule has 0 radical (unpaired) electrons. The second-order valence-corrected chi connectivity index (χ2v) is 11.1. The van der Waals surface area contributed by atoms with Crippen LogP contribution in [0.15, 0.2) is 121 Å². The van der Waals surface area contributed by atoms with Crippen molar-refractivity contribution in [3.63, 3.8) is 0 Å². The molecular weight excluding hydrogens is 472 g/mol. The van der Waals surface area contributed by atoms with Gasteiger partial charge in [-0.15, -0.1) is 6.42 Å². The fraction of sp³-hybridized carbons (Fsp3) is 0.206. The fourth-order valence-corrected chi connectivity index (χ4v) is 3.14. The summed E-state index contributed by atoms with van der Waals surface area (Å²) in [6, 6.07) is 30.2. The van der Waals surface area contributed by atoms with Crippen molar-refractivity contribution in [1.29, 1.82) is 0 Å². The van der Waals surface area contributed by atoms with Crippen LogP contribution in [0.1, 0.15) is 52.2 Å². The van der Waals surface area contributed by atoms with Gasteiger partial charge < -0.3 is 4.74 Å². The Labute approximate surface area is 229 Å². The van der Waals surface area contributed by atoms with Crippen molar-refractivity contribution in [2.45, 2.75) is 41.0 Å². The van der Waals surface area contributed by atoms with Gasteiger partial charge in [0, 0.05) is 5.56 Å². The van der Waals surface area contributed by atoms with E-state index < -0.39 is 0 Å². The van der Waals surface area contributed by atoms with Crippen molar-refractivity contribution < 1.29 is 24.7 Å². The van der Waals surface area contributed by atoms with E-state index in [-0.39, 0.29) is 0 Å². The Kier molecular flexibility index (Phi) is 12.9. The topological polar surface area (TPSA) is 9.23 Å². The summed E-state index contributed by atoms with van der Waals surface area (Å²) >= 11 is 2.08. The number of hydrogen-bond donors (Lipinski definition) is 0. The molecule has 0 aliphatic heterocycles. The van der Waals surface area contributed by atoms with E-state index in [9.17, 15) is 0 Å². The molecule has 0 spiro atoms. The van der Waals surface area contributed by atoms with Crippen molar-refractivity contribution >= 4 is 15.6 Å². The molecule has 0 saturated carbocycles. The Balaban J connectivity index is 0.000000290. The minimum atomic E-state index is 0.323. The summed E-state index contributed by atoms with van der Waals surface area (Å²) in [5, 5.41) is 0. The van der Waals surface area contributed by atoms with Gasteiger partial charge in [0.25, 0.3) is 0 Å². The number of hydrogen-bond acceptors (Lipinski definition) is 1. The van der Waals surface area contributed by atoms with Crippen LogP contribution in [0.4, 0.5) is 0 Å². The van der Waals surface area contributed by atoms with Gasteiger partial charge in [-0.25, -0.2) is 6.08 Å². The van der Waals surface area contributed by atoms with Crippen LogP contribution in [0, 0.1) is 11.5 Å². The normalized spacial score (nSPS) is 12.8. The van der Waals surface area contributed by atoms with E-state index in [1.165, 1.54) is 9.38 Å². The maximum absolute atomic E-state index is 6.05. The first-order chi connectivity index (χ1) is 17.3. The van der Waals surface area contributed by atoms with E-state index in [4.69, 9.17) is 4.74 Å². The number of ether oxygens (including phenoxy) is 1. The van der Waals surface area contributed by atoms with Crippen LogP contribution in [-0.4, -0.2) is 3.81 Å². The summed E-state index contributed by atoms with van der Waals surface area (Å²) in [6.45, 7) is 10.8. The molecule has 0 amide bonds. The zero-order chi connectivity index (χ0) is 26.2. The molecule has 2 heteroatoms. The summed E-state index contributed by atoms with van der Waals surface area (Å²) in [5.74, 6) is 1.65. The van der Waals surface area contributed by atoms with Crippen LogP contribution >= 0.6 is 0 Å². The molecule has 0 saturated heterocycles. The van der Waals surface area contributed by atoms with Crippen molar-refractivity contribution in [3.05, 3.63) is 138 Å². The molecule has 0 aromatic heterocycles. The van der Waals surface area contributed by atoms with Gasteiger partial charge in [0.15, 0.2) is 0 Å². The summed E-state index contributed by atoms with van der Waals surface area (Å²) in [4.78, 5) is 0. The summed E-state index contributed by atoms with van der Waals surface area (Å²) in [5.41, 5.74) is 3.95. The monoisotopic (exact) mass is 509 g/mol. The van der Waals surface area contributed by atoms with Crippen molar-refractivity contribution in [3.8, 4) is 5.75 Å². The molecule has 3 aromatic rings. The molecular formula is C34H37OTi. The number of rotatable bonds is 5. The average Bonchev–Trinajstić information content (AvgIpc) is 3.42. The predicted molar refractivity (Wildman–Crippen MR) is 153 cm³/mol. The van der Waals surface area contributed by atoms with Gasteiger partial charge in [-0.1, -0.05) is 117 Å². The van der Waals surface area contributed by atoms with Gasteiger partial charge in [0.1, 0.15) is 11.5 Å². The van der Waals surface area contributed by atoms with Crippen LogP contribution < -0.4 is 4.74 Å². The Morgan fingerprint density at radius 1 is 0.833 bits per heavy atom. The Bertz CT molecular complexity index is 1160. The number of benzene rings is 3. The van der Waals surface area contributed by atoms with Gasteiger partial charge in [0.2, 0.25) is 0 Å². The molecule has 1 aliphatic carbocycles. The molecule has 183 valence electrons. The zero-order valence-electron chi connectivity index (χ0n) is 22.2. The fourth-order valence-electron chi connectivity index (χ4n) is 3.14. The quantitative estimate of drug-likeness (QED) is 0.144. The molecule has 1 aliphatic rings. The van der Waals surface area contributed by atoms with Crippen LogP contribution in [0.5, 0.6) is 5.75 Å².